The summed E-state index contributed by atoms with van der Waals surface area (Å²) >= 11 is 5.75. The van der Waals surface area contributed by atoms with Crippen LogP contribution in [0.4, 0.5) is 0 Å². The van der Waals surface area contributed by atoms with Gasteiger partial charge in [-0.3, -0.25) is 4.90 Å². The van der Waals surface area contributed by atoms with E-state index < -0.39 is 0 Å². The van der Waals surface area contributed by atoms with Crippen LogP contribution in [0.5, 0.6) is 0 Å². The van der Waals surface area contributed by atoms with Crippen LogP contribution in [0, 0.1) is 0 Å². The molecule has 0 fully saturated rings. The molecule has 0 saturated heterocycles. The van der Waals surface area contributed by atoms with Gasteiger partial charge in [0, 0.05) is 12.7 Å². The van der Waals surface area contributed by atoms with Crippen LogP contribution in [0.25, 0.3) is 0 Å². The van der Waals surface area contributed by atoms with Gasteiger partial charge in [-0.25, -0.2) is 4.98 Å². The first-order valence-electron chi connectivity index (χ1n) is 5.59. The molecule has 0 aliphatic heterocycles. The van der Waals surface area contributed by atoms with E-state index in [4.69, 9.17) is 11.6 Å². The third-order valence-corrected chi connectivity index (χ3v) is 2.50. The largest absolute Gasteiger partial charge is 0.299 e. The van der Waals surface area contributed by atoms with Gasteiger partial charge >= 0.3 is 0 Å². The Morgan fingerprint density at radius 1 is 1.20 bits per heavy atom. The van der Waals surface area contributed by atoms with Crippen molar-refractivity contribution in [1.29, 1.82) is 0 Å². The van der Waals surface area contributed by atoms with Crippen molar-refractivity contribution in [2.24, 2.45) is 0 Å². The number of aromatic nitrogens is 1. The highest BCUT2D eigenvalue weighted by Crippen LogP contribution is 2.08. The molecule has 0 spiro atoms. The van der Waals surface area contributed by atoms with E-state index in [0.29, 0.717) is 5.15 Å². The topological polar surface area (TPSA) is 16.1 Å². The van der Waals surface area contributed by atoms with E-state index in [1.165, 1.54) is 18.4 Å². The molecule has 84 valence electrons. The van der Waals surface area contributed by atoms with Gasteiger partial charge in [-0.15, -0.1) is 0 Å². The summed E-state index contributed by atoms with van der Waals surface area (Å²) in [7, 11) is 0. The van der Waals surface area contributed by atoms with Gasteiger partial charge < -0.3 is 0 Å². The zero-order valence-electron chi connectivity index (χ0n) is 9.54. The molecule has 0 aromatic carbocycles. The molecule has 1 rings (SSSR count). The van der Waals surface area contributed by atoms with Crippen LogP contribution in [0.1, 0.15) is 32.3 Å². The lowest BCUT2D eigenvalue weighted by molar-refractivity contribution is 0.266. The Labute approximate surface area is 97.3 Å². The monoisotopic (exact) mass is 226 g/mol. The van der Waals surface area contributed by atoms with Crippen molar-refractivity contribution in [3.63, 3.8) is 0 Å². The van der Waals surface area contributed by atoms with Crippen LogP contribution in [0.3, 0.4) is 0 Å². The summed E-state index contributed by atoms with van der Waals surface area (Å²) in [6.45, 7) is 7.70. The van der Waals surface area contributed by atoms with Gasteiger partial charge in [-0.05, 0) is 37.6 Å². The molecule has 3 heteroatoms. The quantitative estimate of drug-likeness (QED) is 0.692. The second-order valence-electron chi connectivity index (χ2n) is 3.77. The van der Waals surface area contributed by atoms with Crippen LogP contribution >= 0.6 is 11.6 Å². The summed E-state index contributed by atoms with van der Waals surface area (Å²) in [4.78, 5) is 6.54. The molecular formula is C12H19ClN2. The molecule has 0 aliphatic rings. The van der Waals surface area contributed by atoms with E-state index in [2.05, 4.69) is 23.7 Å². The average molecular weight is 227 g/mol. The van der Waals surface area contributed by atoms with E-state index in [9.17, 15) is 0 Å². The highest BCUT2D eigenvalue weighted by atomic mass is 35.5. The first-order chi connectivity index (χ1) is 7.26. The van der Waals surface area contributed by atoms with Gasteiger partial charge in [0.25, 0.3) is 0 Å². The molecule has 1 heterocycles. The second-order valence-corrected chi connectivity index (χ2v) is 4.15. The fourth-order valence-electron chi connectivity index (χ4n) is 1.66. The molecule has 0 atom stereocenters. The molecule has 0 bridgehead atoms. The van der Waals surface area contributed by atoms with Crippen molar-refractivity contribution < 1.29 is 0 Å². The molecule has 1 aromatic rings. The second kappa shape index (κ2) is 6.81. The lowest BCUT2D eigenvalue weighted by atomic mass is 10.2. The van der Waals surface area contributed by atoms with Gasteiger partial charge in [0.1, 0.15) is 5.15 Å². The molecule has 0 N–H and O–H groups in total. The molecule has 0 amide bonds. The highest BCUT2D eigenvalue weighted by molar-refractivity contribution is 6.29. The third kappa shape index (κ3) is 4.63. The smallest absolute Gasteiger partial charge is 0.129 e. The molecule has 0 aliphatic carbocycles. The zero-order chi connectivity index (χ0) is 11.1. The van der Waals surface area contributed by atoms with Gasteiger partial charge in [0.2, 0.25) is 0 Å². The van der Waals surface area contributed by atoms with Crippen molar-refractivity contribution in [1.82, 2.24) is 9.88 Å². The van der Waals surface area contributed by atoms with Crippen molar-refractivity contribution in [2.45, 2.75) is 33.2 Å². The SMILES string of the molecule is CCCN(CCC)Cc1ccc(Cl)nc1. The minimum Gasteiger partial charge on any atom is -0.299 e. The predicted octanol–water partition coefficient (Wildman–Crippen LogP) is 3.36. The van der Waals surface area contributed by atoms with Crippen LogP contribution in [-0.4, -0.2) is 23.0 Å². The number of halogens is 1. The van der Waals surface area contributed by atoms with Crippen LogP contribution in [0.15, 0.2) is 18.3 Å². The van der Waals surface area contributed by atoms with Crippen LogP contribution in [0.2, 0.25) is 5.15 Å². The molecule has 15 heavy (non-hydrogen) atoms. The lowest BCUT2D eigenvalue weighted by Gasteiger charge is -2.20. The summed E-state index contributed by atoms with van der Waals surface area (Å²) in [5.74, 6) is 0. The number of hydrogen-bond donors (Lipinski definition) is 0. The maximum Gasteiger partial charge on any atom is 0.129 e. The molecule has 2 nitrogen and oxygen atoms in total. The summed E-state index contributed by atoms with van der Waals surface area (Å²) < 4.78 is 0. The van der Waals surface area contributed by atoms with Crippen molar-refractivity contribution in [3.05, 3.63) is 29.0 Å². The average Bonchev–Trinajstić information content (AvgIpc) is 2.22. The standard InChI is InChI=1S/C12H19ClN2/c1-3-7-15(8-4-2)10-11-5-6-12(13)14-9-11/h5-6,9H,3-4,7-8,10H2,1-2H3. The number of pyridine rings is 1. The van der Waals surface area contributed by atoms with Gasteiger partial charge in [0.05, 0.1) is 0 Å². The first-order valence-corrected chi connectivity index (χ1v) is 5.96. The van der Waals surface area contributed by atoms with E-state index in [1.54, 1.807) is 0 Å². The van der Waals surface area contributed by atoms with Gasteiger partial charge in [-0.1, -0.05) is 31.5 Å². The van der Waals surface area contributed by atoms with Crippen molar-refractivity contribution in [3.8, 4) is 0 Å². The van der Waals surface area contributed by atoms with E-state index >= 15 is 0 Å². The summed E-state index contributed by atoms with van der Waals surface area (Å²) in [6, 6.07) is 3.90. The van der Waals surface area contributed by atoms with Crippen molar-refractivity contribution >= 4 is 11.6 Å². The number of nitrogens with zero attached hydrogens (tertiary/aromatic N) is 2. The third-order valence-electron chi connectivity index (χ3n) is 2.27. The molecular weight excluding hydrogens is 208 g/mol. The fourth-order valence-corrected chi connectivity index (χ4v) is 1.77. The Morgan fingerprint density at radius 3 is 2.33 bits per heavy atom. The van der Waals surface area contributed by atoms with Crippen LogP contribution in [-0.2, 0) is 6.54 Å². The first kappa shape index (κ1) is 12.5. The summed E-state index contributed by atoms with van der Waals surface area (Å²) in [5.41, 5.74) is 1.24. The van der Waals surface area contributed by atoms with Gasteiger partial charge in [0.15, 0.2) is 0 Å². The molecule has 0 unspecified atom stereocenters. The predicted molar refractivity (Wildman–Crippen MR) is 65.1 cm³/mol. The van der Waals surface area contributed by atoms with Crippen molar-refractivity contribution in [2.75, 3.05) is 13.1 Å². The zero-order valence-corrected chi connectivity index (χ0v) is 10.3. The Morgan fingerprint density at radius 2 is 1.87 bits per heavy atom. The molecule has 0 radical (unpaired) electrons. The Kier molecular flexibility index (Phi) is 5.66. The normalized spacial score (nSPS) is 10.9. The summed E-state index contributed by atoms with van der Waals surface area (Å²) in [6.07, 6.45) is 4.25. The van der Waals surface area contributed by atoms with Crippen LogP contribution < -0.4 is 0 Å². The lowest BCUT2D eigenvalue weighted by Crippen LogP contribution is -2.24. The molecule has 0 saturated carbocycles. The maximum absolute atomic E-state index is 5.75. The minimum absolute atomic E-state index is 0.566. The van der Waals surface area contributed by atoms with Gasteiger partial charge in [-0.2, -0.15) is 0 Å². The fraction of sp³-hybridized carbons (Fsp3) is 0.583. The number of hydrogen-bond acceptors (Lipinski definition) is 2. The highest BCUT2D eigenvalue weighted by Gasteiger charge is 2.03. The van der Waals surface area contributed by atoms with E-state index in [1.807, 2.05) is 18.3 Å². The van der Waals surface area contributed by atoms with E-state index in [0.717, 1.165) is 19.6 Å². The maximum atomic E-state index is 5.75. The van der Waals surface area contributed by atoms with E-state index in [-0.39, 0.29) is 0 Å². The Balaban J connectivity index is 2.53. The molecule has 1 aromatic heterocycles. The minimum atomic E-state index is 0.566. The Hall–Kier alpha value is -0.600. The Bertz CT molecular complexity index is 265. The number of rotatable bonds is 6. The summed E-state index contributed by atoms with van der Waals surface area (Å²) in [5, 5.41) is 0.566.